The number of fused-ring (bicyclic) bond motifs is 1. The van der Waals surface area contributed by atoms with Crippen molar-refractivity contribution in [3.05, 3.63) is 64.2 Å². The van der Waals surface area contributed by atoms with Gasteiger partial charge in [-0.3, -0.25) is 4.90 Å². The van der Waals surface area contributed by atoms with Gasteiger partial charge in [-0.25, -0.2) is 0 Å². The molecule has 1 aliphatic rings. The van der Waals surface area contributed by atoms with E-state index in [1.807, 2.05) is 18.2 Å². The minimum Gasteiger partial charge on any atom is -0.399 e. The maximum atomic E-state index is 8.91. The highest BCUT2D eigenvalue weighted by atomic mass is 15.1. The van der Waals surface area contributed by atoms with Gasteiger partial charge in [0.2, 0.25) is 0 Å². The number of hydrogen-bond acceptors (Lipinski definition) is 3. The predicted octanol–water partition coefficient (Wildman–Crippen LogP) is 2.96. The lowest BCUT2D eigenvalue weighted by Gasteiger charge is -2.16. The Kier molecular flexibility index (Phi) is 3.17. The van der Waals surface area contributed by atoms with Crippen LogP contribution in [0.15, 0.2) is 36.4 Å². The summed E-state index contributed by atoms with van der Waals surface area (Å²) in [7, 11) is 0. The highest BCUT2D eigenvalue weighted by Crippen LogP contribution is 2.26. The van der Waals surface area contributed by atoms with E-state index in [9.17, 15) is 0 Å². The number of anilines is 1. The Hall–Kier alpha value is -2.31. The van der Waals surface area contributed by atoms with Gasteiger partial charge < -0.3 is 5.73 Å². The van der Waals surface area contributed by atoms with Gasteiger partial charge in [0.25, 0.3) is 0 Å². The first-order chi connectivity index (χ1) is 9.65. The zero-order valence-electron chi connectivity index (χ0n) is 11.6. The summed E-state index contributed by atoms with van der Waals surface area (Å²) in [5.74, 6) is 0. The average Bonchev–Trinajstić information content (AvgIpc) is 2.82. The van der Waals surface area contributed by atoms with Crippen molar-refractivity contribution in [2.24, 2.45) is 0 Å². The number of nitrogens with zero attached hydrogens (tertiary/aromatic N) is 2. The third-order valence-corrected chi connectivity index (χ3v) is 3.88. The summed E-state index contributed by atoms with van der Waals surface area (Å²) in [6.07, 6.45) is 0. The maximum absolute atomic E-state index is 8.91. The monoisotopic (exact) mass is 263 g/mol. The molecule has 0 saturated heterocycles. The van der Waals surface area contributed by atoms with Crippen LogP contribution in [0.5, 0.6) is 0 Å². The SMILES string of the molecule is Cc1cc(C#N)ccc1CN1Cc2ccc(N)cc2C1. The lowest BCUT2D eigenvalue weighted by atomic mass is 10.1. The van der Waals surface area contributed by atoms with Crippen molar-refractivity contribution < 1.29 is 0 Å². The van der Waals surface area contributed by atoms with Crippen molar-refractivity contribution in [2.75, 3.05) is 5.73 Å². The van der Waals surface area contributed by atoms with E-state index in [-0.39, 0.29) is 0 Å². The summed E-state index contributed by atoms with van der Waals surface area (Å²) >= 11 is 0. The molecule has 3 rings (SSSR count). The second-order valence-corrected chi connectivity index (χ2v) is 5.43. The molecule has 2 aromatic carbocycles. The van der Waals surface area contributed by atoms with Crippen molar-refractivity contribution in [2.45, 2.75) is 26.6 Å². The van der Waals surface area contributed by atoms with E-state index in [0.29, 0.717) is 0 Å². The standard InChI is InChI=1S/C17H17N3/c1-12-6-13(8-18)2-3-14(12)9-20-10-15-4-5-17(19)7-16(15)11-20/h2-7H,9-11,19H2,1H3. The molecule has 20 heavy (non-hydrogen) atoms. The van der Waals surface area contributed by atoms with E-state index < -0.39 is 0 Å². The van der Waals surface area contributed by atoms with Crippen molar-refractivity contribution in [1.29, 1.82) is 5.26 Å². The van der Waals surface area contributed by atoms with Gasteiger partial charge in [-0.15, -0.1) is 0 Å². The molecule has 100 valence electrons. The third-order valence-electron chi connectivity index (χ3n) is 3.88. The molecule has 0 bridgehead atoms. The summed E-state index contributed by atoms with van der Waals surface area (Å²) in [6.45, 7) is 4.89. The third kappa shape index (κ3) is 2.38. The summed E-state index contributed by atoms with van der Waals surface area (Å²) in [6, 6.07) is 14.2. The van der Waals surface area contributed by atoms with E-state index >= 15 is 0 Å². The van der Waals surface area contributed by atoms with E-state index in [0.717, 1.165) is 30.9 Å². The number of nitrogens with two attached hydrogens (primary N) is 1. The first-order valence-corrected chi connectivity index (χ1v) is 6.75. The van der Waals surface area contributed by atoms with Gasteiger partial charge >= 0.3 is 0 Å². The molecular formula is C17H17N3. The Bertz CT molecular complexity index is 698. The Morgan fingerprint density at radius 2 is 1.95 bits per heavy atom. The minimum absolute atomic E-state index is 0.726. The fourth-order valence-electron chi connectivity index (χ4n) is 2.78. The van der Waals surface area contributed by atoms with Gasteiger partial charge in [0.15, 0.2) is 0 Å². The number of benzene rings is 2. The zero-order valence-corrected chi connectivity index (χ0v) is 11.6. The second-order valence-electron chi connectivity index (χ2n) is 5.43. The van der Waals surface area contributed by atoms with Crippen LogP contribution in [0, 0.1) is 18.3 Å². The molecule has 0 aromatic heterocycles. The molecule has 0 aliphatic carbocycles. The maximum Gasteiger partial charge on any atom is 0.0991 e. The van der Waals surface area contributed by atoms with Crippen molar-refractivity contribution in [3.63, 3.8) is 0 Å². The molecule has 3 heteroatoms. The number of rotatable bonds is 2. The van der Waals surface area contributed by atoms with Crippen LogP contribution < -0.4 is 5.73 Å². The van der Waals surface area contributed by atoms with Crippen LogP contribution in [-0.2, 0) is 19.6 Å². The quantitative estimate of drug-likeness (QED) is 0.847. The van der Waals surface area contributed by atoms with Gasteiger partial charge in [0.1, 0.15) is 0 Å². The van der Waals surface area contributed by atoms with E-state index in [1.165, 1.54) is 22.3 Å². The van der Waals surface area contributed by atoms with E-state index in [4.69, 9.17) is 11.0 Å². The van der Waals surface area contributed by atoms with Crippen LogP contribution in [0.1, 0.15) is 27.8 Å². The predicted molar refractivity (Wildman–Crippen MR) is 79.7 cm³/mol. The fourth-order valence-corrected chi connectivity index (χ4v) is 2.78. The summed E-state index contributed by atoms with van der Waals surface area (Å²) in [4.78, 5) is 2.40. The Morgan fingerprint density at radius 1 is 1.15 bits per heavy atom. The molecule has 0 saturated carbocycles. The largest absolute Gasteiger partial charge is 0.399 e. The van der Waals surface area contributed by atoms with Crippen LogP contribution >= 0.6 is 0 Å². The van der Waals surface area contributed by atoms with Gasteiger partial charge in [-0.05, 0) is 53.4 Å². The number of nitrogen functional groups attached to an aromatic ring is 1. The Labute approximate surface area is 119 Å². The van der Waals surface area contributed by atoms with E-state index in [1.54, 1.807) is 0 Å². The smallest absolute Gasteiger partial charge is 0.0991 e. The van der Waals surface area contributed by atoms with Crippen LogP contribution in [0.25, 0.3) is 0 Å². The molecular weight excluding hydrogens is 246 g/mol. The highest BCUT2D eigenvalue weighted by Gasteiger charge is 2.19. The summed E-state index contributed by atoms with van der Waals surface area (Å²) < 4.78 is 0. The lowest BCUT2D eigenvalue weighted by molar-refractivity contribution is 0.275. The fraction of sp³-hybridized carbons (Fsp3) is 0.235. The molecule has 0 atom stereocenters. The minimum atomic E-state index is 0.726. The van der Waals surface area contributed by atoms with Gasteiger partial charge in [0, 0.05) is 25.3 Å². The topological polar surface area (TPSA) is 53.0 Å². The Balaban J connectivity index is 1.76. The van der Waals surface area contributed by atoms with Crippen molar-refractivity contribution in [3.8, 4) is 6.07 Å². The molecule has 0 radical (unpaired) electrons. The van der Waals surface area contributed by atoms with Gasteiger partial charge in [-0.2, -0.15) is 5.26 Å². The van der Waals surface area contributed by atoms with Crippen LogP contribution in [0.3, 0.4) is 0 Å². The summed E-state index contributed by atoms with van der Waals surface area (Å²) in [5.41, 5.74) is 12.6. The lowest BCUT2D eigenvalue weighted by Crippen LogP contribution is -2.16. The molecule has 0 amide bonds. The molecule has 2 N–H and O–H groups in total. The van der Waals surface area contributed by atoms with Gasteiger partial charge in [0.05, 0.1) is 11.6 Å². The molecule has 3 nitrogen and oxygen atoms in total. The second kappa shape index (κ2) is 4.99. The van der Waals surface area contributed by atoms with Gasteiger partial charge in [-0.1, -0.05) is 12.1 Å². The normalized spacial score (nSPS) is 14.0. The van der Waals surface area contributed by atoms with Crippen molar-refractivity contribution >= 4 is 5.69 Å². The highest BCUT2D eigenvalue weighted by molar-refractivity contribution is 5.46. The number of aryl methyl sites for hydroxylation is 1. The molecule has 0 unspecified atom stereocenters. The summed E-state index contributed by atoms with van der Waals surface area (Å²) in [5, 5.41) is 8.91. The molecule has 0 fully saturated rings. The first kappa shape index (κ1) is 12.7. The van der Waals surface area contributed by atoms with Crippen LogP contribution in [-0.4, -0.2) is 4.90 Å². The zero-order chi connectivity index (χ0) is 14.1. The average molecular weight is 263 g/mol. The van der Waals surface area contributed by atoms with Crippen LogP contribution in [0.4, 0.5) is 5.69 Å². The number of nitriles is 1. The van der Waals surface area contributed by atoms with Crippen LogP contribution in [0.2, 0.25) is 0 Å². The molecule has 1 heterocycles. The first-order valence-electron chi connectivity index (χ1n) is 6.75. The number of hydrogen-bond donors (Lipinski definition) is 1. The van der Waals surface area contributed by atoms with E-state index in [2.05, 4.69) is 36.1 Å². The Morgan fingerprint density at radius 3 is 2.70 bits per heavy atom. The van der Waals surface area contributed by atoms with Crippen molar-refractivity contribution in [1.82, 2.24) is 4.90 Å². The molecule has 2 aromatic rings. The molecule has 1 aliphatic heterocycles. The molecule has 0 spiro atoms.